The van der Waals surface area contributed by atoms with Crippen molar-refractivity contribution in [2.75, 3.05) is 12.4 Å². The largest absolute Gasteiger partial charge is 0.493 e. The molecular formula is C25H23Br2N3O4. The Balaban J connectivity index is 1.55. The zero-order chi connectivity index (χ0) is 24.5. The van der Waals surface area contributed by atoms with E-state index in [0.717, 1.165) is 14.5 Å². The number of hydrazone groups is 1. The van der Waals surface area contributed by atoms with Crippen LogP contribution in [0.4, 0.5) is 5.69 Å². The summed E-state index contributed by atoms with van der Waals surface area (Å²) < 4.78 is 13.0. The van der Waals surface area contributed by atoms with E-state index in [4.69, 9.17) is 9.47 Å². The van der Waals surface area contributed by atoms with Gasteiger partial charge >= 0.3 is 0 Å². The maximum atomic E-state index is 12.4. The SMILES string of the molecule is COc1cc(C=NNC(=O)C(C)C(=O)Nc2ccccc2Br)ccc1OCc1ccc(Br)cc1. The molecule has 0 spiro atoms. The van der Waals surface area contributed by atoms with E-state index < -0.39 is 17.7 Å². The smallest absolute Gasteiger partial charge is 0.252 e. The molecule has 176 valence electrons. The number of rotatable bonds is 9. The fraction of sp³-hybridized carbons (Fsp3) is 0.160. The molecule has 0 heterocycles. The van der Waals surface area contributed by atoms with Crippen LogP contribution in [0.3, 0.4) is 0 Å². The summed E-state index contributed by atoms with van der Waals surface area (Å²) in [6, 6.07) is 20.3. The Morgan fingerprint density at radius 3 is 2.44 bits per heavy atom. The van der Waals surface area contributed by atoms with E-state index >= 15 is 0 Å². The Kier molecular flexibility index (Phi) is 9.24. The Bertz CT molecular complexity index is 1180. The van der Waals surface area contributed by atoms with Crippen molar-refractivity contribution in [3.63, 3.8) is 0 Å². The second kappa shape index (κ2) is 12.3. The number of nitrogens with one attached hydrogen (secondary N) is 2. The van der Waals surface area contributed by atoms with Gasteiger partial charge in [0.05, 0.1) is 19.0 Å². The highest BCUT2D eigenvalue weighted by Crippen LogP contribution is 2.28. The number of amides is 2. The van der Waals surface area contributed by atoms with Gasteiger partial charge in [0.15, 0.2) is 11.5 Å². The standard InChI is InChI=1S/C25H23Br2N3O4/c1-16(24(31)29-21-6-4-3-5-20(21)27)25(32)30-28-14-18-9-12-22(23(13-18)33-2)34-15-17-7-10-19(26)11-8-17/h3-14,16H,15H2,1-2H3,(H,29,31)(H,30,32). The van der Waals surface area contributed by atoms with Crippen LogP contribution in [0.15, 0.2) is 80.8 Å². The van der Waals surface area contributed by atoms with Crippen LogP contribution in [-0.2, 0) is 16.2 Å². The van der Waals surface area contributed by atoms with Gasteiger partial charge in [-0.05, 0) is 76.4 Å². The van der Waals surface area contributed by atoms with Gasteiger partial charge in [-0.2, -0.15) is 5.10 Å². The molecule has 0 radical (unpaired) electrons. The molecule has 0 fully saturated rings. The van der Waals surface area contributed by atoms with E-state index in [-0.39, 0.29) is 0 Å². The Hall–Kier alpha value is -3.17. The van der Waals surface area contributed by atoms with Crippen LogP contribution in [0.25, 0.3) is 0 Å². The summed E-state index contributed by atoms with van der Waals surface area (Å²) in [5.41, 5.74) is 4.70. The third-order valence-corrected chi connectivity index (χ3v) is 6.02. The molecule has 0 saturated heterocycles. The number of anilines is 1. The molecule has 0 aromatic heterocycles. The summed E-state index contributed by atoms with van der Waals surface area (Å²) in [5.74, 6) is -0.776. The monoisotopic (exact) mass is 587 g/mol. The molecule has 1 unspecified atom stereocenters. The molecule has 9 heteroatoms. The molecule has 0 saturated carbocycles. The maximum absolute atomic E-state index is 12.4. The second-order valence-electron chi connectivity index (χ2n) is 7.25. The van der Waals surface area contributed by atoms with Crippen LogP contribution >= 0.6 is 31.9 Å². The van der Waals surface area contributed by atoms with E-state index in [0.29, 0.717) is 29.4 Å². The number of para-hydroxylation sites is 1. The summed E-state index contributed by atoms with van der Waals surface area (Å²) >= 11 is 6.77. The molecule has 0 aliphatic rings. The van der Waals surface area contributed by atoms with Gasteiger partial charge in [-0.25, -0.2) is 5.43 Å². The normalized spacial score (nSPS) is 11.6. The quantitative estimate of drug-likeness (QED) is 0.196. The number of nitrogens with zero attached hydrogens (tertiary/aromatic N) is 1. The molecule has 0 aliphatic carbocycles. The lowest BCUT2D eigenvalue weighted by atomic mass is 10.1. The molecule has 3 rings (SSSR count). The van der Waals surface area contributed by atoms with E-state index in [9.17, 15) is 9.59 Å². The van der Waals surface area contributed by atoms with Crippen molar-refractivity contribution in [1.82, 2.24) is 5.43 Å². The van der Waals surface area contributed by atoms with Crippen LogP contribution in [0.5, 0.6) is 11.5 Å². The lowest BCUT2D eigenvalue weighted by Crippen LogP contribution is -2.34. The Labute approximate surface area is 214 Å². The first kappa shape index (κ1) is 25.5. The number of hydrogen-bond donors (Lipinski definition) is 2. The fourth-order valence-electron chi connectivity index (χ4n) is 2.82. The average molecular weight is 589 g/mol. The van der Waals surface area contributed by atoms with E-state index in [2.05, 4.69) is 47.7 Å². The minimum absolute atomic E-state index is 0.395. The summed E-state index contributed by atoms with van der Waals surface area (Å²) in [4.78, 5) is 24.7. The number of carbonyl (C=O) groups is 2. The molecule has 34 heavy (non-hydrogen) atoms. The number of methoxy groups -OCH3 is 1. The molecular weight excluding hydrogens is 566 g/mol. The zero-order valence-electron chi connectivity index (χ0n) is 18.5. The summed E-state index contributed by atoms with van der Waals surface area (Å²) in [6.45, 7) is 1.91. The number of halogens is 2. The summed E-state index contributed by atoms with van der Waals surface area (Å²) in [6.07, 6.45) is 1.47. The first-order valence-corrected chi connectivity index (χ1v) is 11.9. The molecule has 3 aromatic rings. The molecule has 7 nitrogen and oxygen atoms in total. The van der Waals surface area contributed by atoms with Crippen molar-refractivity contribution in [3.05, 3.63) is 86.8 Å². The Morgan fingerprint density at radius 1 is 1.00 bits per heavy atom. The molecule has 0 bridgehead atoms. The minimum atomic E-state index is -0.937. The van der Waals surface area contributed by atoms with E-state index in [1.54, 1.807) is 43.5 Å². The highest BCUT2D eigenvalue weighted by Gasteiger charge is 2.21. The van der Waals surface area contributed by atoms with Gasteiger partial charge in [-0.15, -0.1) is 0 Å². The van der Waals surface area contributed by atoms with Gasteiger partial charge in [-0.1, -0.05) is 40.2 Å². The number of ether oxygens (including phenoxy) is 2. The van der Waals surface area contributed by atoms with E-state index in [1.807, 2.05) is 30.3 Å². The van der Waals surface area contributed by atoms with Crippen molar-refractivity contribution >= 4 is 55.6 Å². The van der Waals surface area contributed by atoms with Gasteiger partial charge in [0, 0.05) is 8.95 Å². The summed E-state index contributed by atoms with van der Waals surface area (Å²) in [5, 5.41) is 6.68. The second-order valence-corrected chi connectivity index (χ2v) is 9.02. The van der Waals surface area contributed by atoms with Crippen LogP contribution in [0, 0.1) is 5.92 Å². The zero-order valence-corrected chi connectivity index (χ0v) is 21.7. The molecule has 3 aromatic carbocycles. The third kappa shape index (κ3) is 7.16. The van der Waals surface area contributed by atoms with Crippen molar-refractivity contribution in [3.8, 4) is 11.5 Å². The predicted molar refractivity (Wildman–Crippen MR) is 139 cm³/mol. The number of benzene rings is 3. The molecule has 2 amide bonds. The highest BCUT2D eigenvalue weighted by atomic mass is 79.9. The van der Waals surface area contributed by atoms with Crippen molar-refractivity contribution in [1.29, 1.82) is 0 Å². The topological polar surface area (TPSA) is 89.0 Å². The minimum Gasteiger partial charge on any atom is -0.493 e. The Morgan fingerprint density at radius 2 is 1.74 bits per heavy atom. The van der Waals surface area contributed by atoms with Crippen molar-refractivity contribution < 1.29 is 19.1 Å². The van der Waals surface area contributed by atoms with Crippen molar-refractivity contribution in [2.24, 2.45) is 11.0 Å². The van der Waals surface area contributed by atoms with Gasteiger partial charge in [0.25, 0.3) is 5.91 Å². The first-order chi connectivity index (χ1) is 16.4. The van der Waals surface area contributed by atoms with Gasteiger partial charge in [0.2, 0.25) is 5.91 Å². The fourth-order valence-corrected chi connectivity index (χ4v) is 3.46. The molecule has 0 aliphatic heterocycles. The van der Waals surface area contributed by atoms with E-state index in [1.165, 1.54) is 13.1 Å². The van der Waals surface area contributed by atoms with Crippen LogP contribution in [0.2, 0.25) is 0 Å². The summed E-state index contributed by atoms with van der Waals surface area (Å²) in [7, 11) is 1.55. The van der Waals surface area contributed by atoms with Crippen LogP contribution in [0.1, 0.15) is 18.1 Å². The van der Waals surface area contributed by atoms with Crippen LogP contribution < -0.4 is 20.2 Å². The number of carbonyl (C=O) groups excluding carboxylic acids is 2. The van der Waals surface area contributed by atoms with Crippen molar-refractivity contribution in [2.45, 2.75) is 13.5 Å². The first-order valence-electron chi connectivity index (χ1n) is 10.3. The predicted octanol–water partition coefficient (Wildman–Crippen LogP) is 5.52. The highest BCUT2D eigenvalue weighted by molar-refractivity contribution is 9.10. The average Bonchev–Trinajstić information content (AvgIpc) is 2.84. The van der Waals surface area contributed by atoms with Crippen LogP contribution in [-0.4, -0.2) is 25.1 Å². The number of hydrogen-bond acceptors (Lipinski definition) is 5. The third-order valence-electron chi connectivity index (χ3n) is 4.80. The lowest BCUT2D eigenvalue weighted by Gasteiger charge is -2.12. The lowest BCUT2D eigenvalue weighted by molar-refractivity contribution is -0.131. The van der Waals surface area contributed by atoms with Gasteiger partial charge in [-0.3, -0.25) is 9.59 Å². The maximum Gasteiger partial charge on any atom is 0.252 e. The van der Waals surface area contributed by atoms with Gasteiger partial charge < -0.3 is 14.8 Å². The molecule has 2 N–H and O–H groups in total. The van der Waals surface area contributed by atoms with Gasteiger partial charge in [0.1, 0.15) is 12.5 Å². The molecule has 1 atom stereocenters.